The largest absolute Gasteiger partial charge is 0.352 e. The summed E-state index contributed by atoms with van der Waals surface area (Å²) in [5.74, 6) is 0.983. The second-order valence-electron chi connectivity index (χ2n) is 5.68. The van der Waals surface area contributed by atoms with E-state index in [2.05, 4.69) is 20.6 Å². The maximum atomic E-state index is 12.4. The molecule has 0 fully saturated rings. The summed E-state index contributed by atoms with van der Waals surface area (Å²) in [6, 6.07) is 7.68. The molecular formula is C15H20ClN4OP. The Bertz CT molecular complexity index is 714. The van der Waals surface area contributed by atoms with Gasteiger partial charge in [0.25, 0.3) is 0 Å². The molecule has 2 aromatic rings. The quantitative estimate of drug-likeness (QED) is 0.808. The molecule has 0 aliphatic heterocycles. The van der Waals surface area contributed by atoms with Gasteiger partial charge in [0.05, 0.1) is 11.9 Å². The van der Waals surface area contributed by atoms with Crippen LogP contribution in [0.1, 0.15) is 13.8 Å². The van der Waals surface area contributed by atoms with Crippen LogP contribution in [0.5, 0.6) is 0 Å². The van der Waals surface area contributed by atoms with Crippen molar-refractivity contribution in [1.82, 2.24) is 9.97 Å². The lowest BCUT2D eigenvalue weighted by atomic mass is 10.3. The van der Waals surface area contributed by atoms with Gasteiger partial charge in [0, 0.05) is 11.3 Å². The standard InChI is InChI=1S/C15H20ClN4OP/c1-10(2)18-15-17-9-11(16)14(20-15)19-12-7-5-6-8-13(12)22(3,4)21/h5-10H,1-4H3,(H2,17,18,19,20). The summed E-state index contributed by atoms with van der Waals surface area (Å²) in [5, 5.41) is 7.47. The molecule has 0 spiro atoms. The Morgan fingerprint density at radius 3 is 2.55 bits per heavy atom. The molecule has 0 atom stereocenters. The van der Waals surface area contributed by atoms with Gasteiger partial charge in [-0.1, -0.05) is 23.7 Å². The number of nitrogens with one attached hydrogen (secondary N) is 2. The third-order valence-corrected chi connectivity index (χ3v) is 4.73. The Hall–Kier alpha value is -1.58. The van der Waals surface area contributed by atoms with Crippen LogP contribution in [0.15, 0.2) is 30.5 Å². The topological polar surface area (TPSA) is 66.9 Å². The molecule has 0 bridgehead atoms. The van der Waals surface area contributed by atoms with Crippen molar-refractivity contribution >= 4 is 41.5 Å². The number of nitrogens with zero attached hydrogens (tertiary/aromatic N) is 2. The molecule has 5 nitrogen and oxygen atoms in total. The smallest absolute Gasteiger partial charge is 0.224 e. The maximum Gasteiger partial charge on any atom is 0.224 e. The van der Waals surface area contributed by atoms with Crippen molar-refractivity contribution < 1.29 is 4.57 Å². The summed E-state index contributed by atoms with van der Waals surface area (Å²) in [4.78, 5) is 8.52. The first kappa shape index (κ1) is 16.8. The lowest BCUT2D eigenvalue weighted by Gasteiger charge is -2.16. The predicted molar refractivity (Wildman–Crippen MR) is 94.6 cm³/mol. The number of para-hydroxylation sites is 1. The average molecular weight is 339 g/mol. The van der Waals surface area contributed by atoms with Crippen LogP contribution in [0.2, 0.25) is 5.02 Å². The van der Waals surface area contributed by atoms with Crippen LogP contribution in [0.4, 0.5) is 17.5 Å². The molecule has 118 valence electrons. The van der Waals surface area contributed by atoms with Gasteiger partial charge < -0.3 is 15.2 Å². The average Bonchev–Trinajstić information content (AvgIpc) is 2.41. The summed E-state index contributed by atoms with van der Waals surface area (Å²) >= 11 is 6.16. The highest BCUT2D eigenvalue weighted by molar-refractivity contribution is 7.70. The van der Waals surface area contributed by atoms with E-state index in [1.165, 1.54) is 0 Å². The van der Waals surface area contributed by atoms with Gasteiger partial charge in [0.1, 0.15) is 12.2 Å². The van der Waals surface area contributed by atoms with Gasteiger partial charge in [-0.2, -0.15) is 4.98 Å². The van der Waals surface area contributed by atoms with E-state index in [-0.39, 0.29) is 6.04 Å². The fourth-order valence-corrected chi connectivity index (χ4v) is 3.25. The number of halogens is 1. The molecular weight excluding hydrogens is 319 g/mol. The highest BCUT2D eigenvalue weighted by Gasteiger charge is 2.17. The van der Waals surface area contributed by atoms with Crippen LogP contribution in [-0.2, 0) is 4.57 Å². The number of rotatable bonds is 5. The summed E-state index contributed by atoms with van der Waals surface area (Å²) in [7, 11) is -2.41. The first-order chi connectivity index (χ1) is 10.3. The molecule has 1 aromatic carbocycles. The summed E-state index contributed by atoms with van der Waals surface area (Å²) in [5.41, 5.74) is 0.743. The van der Waals surface area contributed by atoms with Gasteiger partial charge >= 0.3 is 0 Å². The van der Waals surface area contributed by atoms with Crippen LogP contribution in [0.3, 0.4) is 0 Å². The van der Waals surface area contributed by atoms with Crippen molar-refractivity contribution in [2.45, 2.75) is 19.9 Å². The zero-order valence-electron chi connectivity index (χ0n) is 13.1. The normalized spacial score (nSPS) is 11.5. The van der Waals surface area contributed by atoms with E-state index >= 15 is 0 Å². The molecule has 0 saturated heterocycles. The second-order valence-corrected chi connectivity index (χ2v) is 9.27. The SMILES string of the molecule is CC(C)Nc1ncc(Cl)c(Nc2ccccc2P(C)(C)=O)n1. The molecule has 22 heavy (non-hydrogen) atoms. The zero-order chi connectivity index (χ0) is 16.3. The van der Waals surface area contributed by atoms with Crippen LogP contribution >= 0.6 is 18.7 Å². The summed E-state index contributed by atoms with van der Waals surface area (Å²) < 4.78 is 12.4. The van der Waals surface area contributed by atoms with E-state index in [9.17, 15) is 4.57 Å². The van der Waals surface area contributed by atoms with Gasteiger partial charge in [-0.05, 0) is 39.3 Å². The first-order valence-corrected chi connectivity index (χ1v) is 9.96. The van der Waals surface area contributed by atoms with E-state index in [0.717, 1.165) is 11.0 Å². The second kappa shape index (κ2) is 6.67. The van der Waals surface area contributed by atoms with E-state index < -0.39 is 7.14 Å². The van der Waals surface area contributed by atoms with Crippen LogP contribution in [0, 0.1) is 0 Å². The molecule has 2 rings (SSSR count). The monoisotopic (exact) mass is 338 g/mol. The van der Waals surface area contributed by atoms with Gasteiger partial charge in [-0.3, -0.25) is 0 Å². The third kappa shape index (κ3) is 4.21. The van der Waals surface area contributed by atoms with Crippen LogP contribution in [-0.4, -0.2) is 29.3 Å². The van der Waals surface area contributed by atoms with E-state index in [1.807, 2.05) is 38.1 Å². The van der Waals surface area contributed by atoms with Crippen molar-refractivity contribution in [3.05, 3.63) is 35.5 Å². The summed E-state index contributed by atoms with van der Waals surface area (Å²) in [6.07, 6.45) is 1.54. The number of hydrogen-bond donors (Lipinski definition) is 2. The Balaban J connectivity index is 2.37. The number of benzene rings is 1. The van der Waals surface area contributed by atoms with E-state index in [4.69, 9.17) is 11.6 Å². The predicted octanol–water partition coefficient (Wildman–Crippen LogP) is 3.94. The van der Waals surface area contributed by atoms with E-state index in [1.54, 1.807) is 19.5 Å². The Morgan fingerprint density at radius 2 is 1.91 bits per heavy atom. The van der Waals surface area contributed by atoms with Gasteiger partial charge in [0.2, 0.25) is 5.95 Å². The molecule has 2 N–H and O–H groups in total. The zero-order valence-corrected chi connectivity index (χ0v) is 14.7. The van der Waals surface area contributed by atoms with Crippen molar-refractivity contribution in [2.24, 2.45) is 0 Å². The highest BCUT2D eigenvalue weighted by Crippen LogP contribution is 2.38. The van der Waals surface area contributed by atoms with Crippen molar-refractivity contribution in [2.75, 3.05) is 24.0 Å². The first-order valence-electron chi connectivity index (χ1n) is 6.98. The molecule has 7 heteroatoms. The molecule has 1 aromatic heterocycles. The Labute approximate surface area is 135 Å². The van der Waals surface area contributed by atoms with Gasteiger partial charge in [0.15, 0.2) is 5.82 Å². The molecule has 0 radical (unpaired) electrons. The van der Waals surface area contributed by atoms with Crippen molar-refractivity contribution in [1.29, 1.82) is 0 Å². The third-order valence-electron chi connectivity index (χ3n) is 2.90. The van der Waals surface area contributed by atoms with Gasteiger partial charge in [-0.25, -0.2) is 4.98 Å². The molecule has 0 aliphatic carbocycles. The number of hydrogen-bond acceptors (Lipinski definition) is 5. The number of aromatic nitrogens is 2. The lowest BCUT2D eigenvalue weighted by Crippen LogP contribution is -2.14. The highest BCUT2D eigenvalue weighted by atomic mass is 35.5. The van der Waals surface area contributed by atoms with Crippen LogP contribution in [0.25, 0.3) is 0 Å². The molecule has 0 unspecified atom stereocenters. The Kier molecular flexibility index (Phi) is 5.09. The number of anilines is 3. The van der Waals surface area contributed by atoms with Crippen molar-refractivity contribution in [3.63, 3.8) is 0 Å². The van der Waals surface area contributed by atoms with Gasteiger partial charge in [-0.15, -0.1) is 0 Å². The lowest BCUT2D eigenvalue weighted by molar-refractivity contribution is 0.588. The molecule has 1 heterocycles. The fraction of sp³-hybridized carbons (Fsp3) is 0.333. The minimum Gasteiger partial charge on any atom is -0.352 e. The maximum absolute atomic E-state index is 12.4. The van der Waals surface area contributed by atoms with E-state index in [0.29, 0.717) is 16.8 Å². The molecule has 0 amide bonds. The fourth-order valence-electron chi connectivity index (χ4n) is 1.96. The minimum atomic E-state index is -2.41. The molecule has 0 aliphatic rings. The summed E-state index contributed by atoms with van der Waals surface area (Å²) in [6.45, 7) is 7.48. The minimum absolute atomic E-state index is 0.216. The van der Waals surface area contributed by atoms with Crippen LogP contribution < -0.4 is 15.9 Å². The Morgan fingerprint density at radius 1 is 1.23 bits per heavy atom. The molecule has 0 saturated carbocycles. The van der Waals surface area contributed by atoms with Crippen molar-refractivity contribution in [3.8, 4) is 0 Å².